The molecule has 0 aliphatic rings. The molecule has 1 atom stereocenters. The summed E-state index contributed by atoms with van der Waals surface area (Å²) >= 11 is 0. The minimum Gasteiger partial charge on any atom is -0.305 e. The molecule has 0 aromatic heterocycles. The van der Waals surface area contributed by atoms with Gasteiger partial charge in [-0.1, -0.05) is 25.1 Å². The standard InChI is InChI=1S/C12H14F5N/c1-2-7-18-10(11(13)14)8-5-3-4-6-9(8)12(15,16)17/h3-6,10-11,18H,2,7H2,1H3. The van der Waals surface area contributed by atoms with Crippen LogP contribution in [-0.4, -0.2) is 13.0 Å². The zero-order chi connectivity index (χ0) is 13.8. The molecule has 0 aliphatic carbocycles. The lowest BCUT2D eigenvalue weighted by atomic mass is 10.00. The Bertz CT molecular complexity index is 375. The fraction of sp³-hybridized carbons (Fsp3) is 0.500. The second kappa shape index (κ2) is 6.13. The molecule has 1 unspecified atom stereocenters. The molecule has 0 saturated heterocycles. The van der Waals surface area contributed by atoms with Crippen LogP contribution in [0.15, 0.2) is 24.3 Å². The number of benzene rings is 1. The van der Waals surface area contributed by atoms with E-state index in [-0.39, 0.29) is 6.54 Å². The molecule has 1 aromatic carbocycles. The topological polar surface area (TPSA) is 12.0 Å². The lowest BCUT2D eigenvalue weighted by molar-refractivity contribution is -0.138. The van der Waals surface area contributed by atoms with Gasteiger partial charge in [-0.3, -0.25) is 0 Å². The summed E-state index contributed by atoms with van der Waals surface area (Å²) in [4.78, 5) is 0. The first-order chi connectivity index (χ1) is 8.38. The van der Waals surface area contributed by atoms with Crippen LogP contribution in [0, 0.1) is 0 Å². The third-order valence-corrected chi connectivity index (χ3v) is 2.47. The molecular formula is C12H14F5N. The van der Waals surface area contributed by atoms with Gasteiger partial charge in [0.2, 0.25) is 0 Å². The van der Waals surface area contributed by atoms with E-state index < -0.39 is 29.8 Å². The van der Waals surface area contributed by atoms with E-state index in [4.69, 9.17) is 0 Å². The summed E-state index contributed by atoms with van der Waals surface area (Å²) in [7, 11) is 0. The van der Waals surface area contributed by atoms with Gasteiger partial charge < -0.3 is 5.32 Å². The Hall–Kier alpha value is -1.17. The number of hydrogen-bond acceptors (Lipinski definition) is 1. The van der Waals surface area contributed by atoms with Crippen LogP contribution in [-0.2, 0) is 6.18 Å². The third kappa shape index (κ3) is 3.66. The predicted octanol–water partition coefficient (Wildman–Crippen LogP) is 4.01. The Labute approximate surface area is 102 Å². The van der Waals surface area contributed by atoms with Crippen molar-refractivity contribution in [2.75, 3.05) is 6.54 Å². The smallest absolute Gasteiger partial charge is 0.305 e. The molecular weight excluding hydrogens is 253 g/mol. The fourth-order valence-corrected chi connectivity index (χ4v) is 1.66. The van der Waals surface area contributed by atoms with E-state index in [0.29, 0.717) is 6.42 Å². The van der Waals surface area contributed by atoms with Crippen molar-refractivity contribution < 1.29 is 22.0 Å². The highest BCUT2D eigenvalue weighted by molar-refractivity contribution is 5.32. The zero-order valence-corrected chi connectivity index (χ0v) is 9.77. The number of hydrogen-bond donors (Lipinski definition) is 1. The first kappa shape index (κ1) is 14.9. The van der Waals surface area contributed by atoms with Crippen LogP contribution in [0.5, 0.6) is 0 Å². The van der Waals surface area contributed by atoms with Crippen molar-refractivity contribution >= 4 is 0 Å². The van der Waals surface area contributed by atoms with Crippen LogP contribution in [0.3, 0.4) is 0 Å². The molecule has 102 valence electrons. The molecule has 1 nitrogen and oxygen atoms in total. The van der Waals surface area contributed by atoms with Crippen LogP contribution >= 0.6 is 0 Å². The second-order valence-corrected chi connectivity index (χ2v) is 3.85. The largest absolute Gasteiger partial charge is 0.416 e. The van der Waals surface area contributed by atoms with Gasteiger partial charge in [0.25, 0.3) is 6.43 Å². The number of halogens is 5. The molecule has 1 rings (SSSR count). The Balaban J connectivity index is 3.11. The molecule has 0 spiro atoms. The van der Waals surface area contributed by atoms with Gasteiger partial charge in [0, 0.05) is 0 Å². The summed E-state index contributed by atoms with van der Waals surface area (Å²) in [6.45, 7) is 1.99. The van der Waals surface area contributed by atoms with Gasteiger partial charge in [-0.15, -0.1) is 0 Å². The second-order valence-electron chi connectivity index (χ2n) is 3.85. The van der Waals surface area contributed by atoms with Gasteiger partial charge in [0.15, 0.2) is 0 Å². The number of alkyl halides is 5. The van der Waals surface area contributed by atoms with Crippen molar-refractivity contribution in [2.24, 2.45) is 0 Å². The first-order valence-electron chi connectivity index (χ1n) is 5.55. The van der Waals surface area contributed by atoms with Gasteiger partial charge in [-0.2, -0.15) is 13.2 Å². The van der Waals surface area contributed by atoms with Gasteiger partial charge in [-0.05, 0) is 24.6 Å². The third-order valence-electron chi connectivity index (χ3n) is 2.47. The molecule has 0 bridgehead atoms. The highest BCUT2D eigenvalue weighted by Gasteiger charge is 2.36. The van der Waals surface area contributed by atoms with E-state index in [1.54, 1.807) is 6.92 Å². The van der Waals surface area contributed by atoms with Crippen LogP contribution < -0.4 is 5.32 Å². The van der Waals surface area contributed by atoms with Gasteiger partial charge in [0.1, 0.15) is 0 Å². The van der Waals surface area contributed by atoms with Crippen molar-refractivity contribution in [1.82, 2.24) is 5.32 Å². The van der Waals surface area contributed by atoms with Gasteiger partial charge >= 0.3 is 6.18 Å². The van der Waals surface area contributed by atoms with E-state index in [9.17, 15) is 22.0 Å². The molecule has 1 aromatic rings. The summed E-state index contributed by atoms with van der Waals surface area (Å²) in [5, 5.41) is 2.45. The monoisotopic (exact) mass is 267 g/mol. The van der Waals surface area contributed by atoms with Crippen LogP contribution in [0.4, 0.5) is 22.0 Å². The molecule has 0 saturated carbocycles. The van der Waals surface area contributed by atoms with Crippen molar-refractivity contribution in [1.29, 1.82) is 0 Å². The van der Waals surface area contributed by atoms with E-state index in [1.807, 2.05) is 0 Å². The first-order valence-corrected chi connectivity index (χ1v) is 5.55. The summed E-state index contributed by atoms with van der Waals surface area (Å²) in [6.07, 6.45) is -6.95. The van der Waals surface area contributed by atoms with Crippen LogP contribution in [0.1, 0.15) is 30.5 Å². The summed E-state index contributed by atoms with van der Waals surface area (Å²) in [6, 6.07) is 2.82. The zero-order valence-electron chi connectivity index (χ0n) is 9.77. The van der Waals surface area contributed by atoms with Crippen LogP contribution in [0.2, 0.25) is 0 Å². The van der Waals surface area contributed by atoms with Crippen LogP contribution in [0.25, 0.3) is 0 Å². The summed E-state index contributed by atoms with van der Waals surface area (Å²) in [5.41, 5.74) is -1.42. The van der Waals surface area contributed by atoms with Crippen molar-refractivity contribution in [3.63, 3.8) is 0 Å². The molecule has 18 heavy (non-hydrogen) atoms. The van der Waals surface area contributed by atoms with Crippen molar-refractivity contribution in [3.05, 3.63) is 35.4 Å². The van der Waals surface area contributed by atoms with Crippen molar-refractivity contribution in [2.45, 2.75) is 32.0 Å². The van der Waals surface area contributed by atoms with E-state index in [2.05, 4.69) is 5.32 Å². The molecule has 0 amide bonds. The summed E-state index contributed by atoms with van der Waals surface area (Å²) in [5.74, 6) is 0. The maximum atomic E-state index is 12.8. The highest BCUT2D eigenvalue weighted by atomic mass is 19.4. The lowest BCUT2D eigenvalue weighted by Gasteiger charge is -2.22. The Morgan fingerprint density at radius 2 is 1.78 bits per heavy atom. The molecule has 1 N–H and O–H groups in total. The predicted molar refractivity (Wildman–Crippen MR) is 58.5 cm³/mol. The fourth-order valence-electron chi connectivity index (χ4n) is 1.66. The summed E-state index contributed by atoms with van der Waals surface area (Å²) < 4.78 is 63.9. The maximum Gasteiger partial charge on any atom is 0.416 e. The highest BCUT2D eigenvalue weighted by Crippen LogP contribution is 2.36. The minimum atomic E-state index is -4.63. The number of nitrogens with one attached hydrogen (secondary N) is 1. The van der Waals surface area contributed by atoms with E-state index in [1.165, 1.54) is 12.1 Å². The Morgan fingerprint density at radius 3 is 2.28 bits per heavy atom. The average Bonchev–Trinajstić information content (AvgIpc) is 2.28. The molecule has 0 aliphatic heterocycles. The normalized spacial score (nSPS) is 13.9. The molecule has 0 radical (unpaired) electrons. The van der Waals surface area contributed by atoms with E-state index >= 15 is 0 Å². The quantitative estimate of drug-likeness (QED) is 0.795. The lowest BCUT2D eigenvalue weighted by Crippen LogP contribution is -2.30. The SMILES string of the molecule is CCCNC(c1ccccc1C(F)(F)F)C(F)F. The van der Waals surface area contributed by atoms with Crippen molar-refractivity contribution in [3.8, 4) is 0 Å². The molecule has 0 fully saturated rings. The Kier molecular flexibility index (Phi) is 5.07. The maximum absolute atomic E-state index is 12.8. The molecule has 0 heterocycles. The average molecular weight is 267 g/mol. The molecule has 6 heteroatoms. The van der Waals surface area contributed by atoms with Gasteiger partial charge in [-0.25, -0.2) is 8.78 Å². The van der Waals surface area contributed by atoms with E-state index in [0.717, 1.165) is 12.1 Å². The minimum absolute atomic E-state index is 0.237. The number of rotatable bonds is 5. The Morgan fingerprint density at radius 1 is 1.17 bits per heavy atom. The van der Waals surface area contributed by atoms with Gasteiger partial charge in [0.05, 0.1) is 11.6 Å².